The highest BCUT2D eigenvalue weighted by Gasteiger charge is 2.12. The van der Waals surface area contributed by atoms with Crippen molar-refractivity contribution in [1.82, 2.24) is 14.6 Å². The molecule has 0 aliphatic rings. The van der Waals surface area contributed by atoms with E-state index in [9.17, 15) is 9.59 Å². The lowest BCUT2D eigenvalue weighted by Gasteiger charge is -2.09. The topological polar surface area (TPSA) is 82.8 Å². The van der Waals surface area contributed by atoms with E-state index in [1.807, 2.05) is 0 Å². The fourth-order valence-corrected chi connectivity index (χ4v) is 3.06. The number of benzene rings is 1. The molecule has 0 fully saturated rings. The van der Waals surface area contributed by atoms with Crippen LogP contribution in [-0.4, -0.2) is 27.2 Å². The van der Waals surface area contributed by atoms with Crippen LogP contribution < -0.4 is 10.3 Å². The maximum atomic E-state index is 12.3. The summed E-state index contributed by atoms with van der Waals surface area (Å²) in [6.45, 7) is 6.40. The number of aromatic nitrogens is 3. The third-order valence-corrected chi connectivity index (χ3v) is 4.28. The van der Waals surface area contributed by atoms with E-state index < -0.39 is 5.97 Å². The van der Waals surface area contributed by atoms with E-state index in [1.54, 1.807) is 31.2 Å². The van der Waals surface area contributed by atoms with Crippen molar-refractivity contribution in [3.05, 3.63) is 57.0 Å². The highest BCUT2D eigenvalue weighted by atomic mass is 32.1. The minimum Gasteiger partial charge on any atom is -0.493 e. The molecule has 0 atom stereocenters. The zero-order valence-electron chi connectivity index (χ0n) is 14.8. The number of ether oxygens (including phenoxy) is 2. The number of rotatable bonds is 6. The van der Waals surface area contributed by atoms with Gasteiger partial charge in [0.15, 0.2) is 5.01 Å². The van der Waals surface area contributed by atoms with Crippen LogP contribution in [0.25, 0.3) is 4.96 Å². The molecular weight excluding hydrogens is 354 g/mol. The van der Waals surface area contributed by atoms with Crippen molar-refractivity contribution in [3.8, 4) is 5.75 Å². The van der Waals surface area contributed by atoms with Crippen LogP contribution in [0.5, 0.6) is 5.75 Å². The molecule has 0 N–H and O–H groups in total. The monoisotopic (exact) mass is 373 g/mol. The van der Waals surface area contributed by atoms with Gasteiger partial charge >= 0.3 is 5.97 Å². The van der Waals surface area contributed by atoms with Gasteiger partial charge in [-0.1, -0.05) is 31.3 Å². The molecule has 0 bridgehead atoms. The van der Waals surface area contributed by atoms with Crippen LogP contribution in [0.1, 0.15) is 34.9 Å². The summed E-state index contributed by atoms with van der Waals surface area (Å²) in [5.41, 5.74) is 0.773. The van der Waals surface area contributed by atoms with E-state index in [0.29, 0.717) is 39.5 Å². The van der Waals surface area contributed by atoms with Gasteiger partial charge in [-0.15, -0.1) is 0 Å². The lowest BCUT2D eigenvalue weighted by Crippen LogP contribution is -2.14. The molecule has 2 aromatic heterocycles. The lowest BCUT2D eigenvalue weighted by atomic mass is 10.2. The molecule has 0 radical (unpaired) electrons. The van der Waals surface area contributed by atoms with Gasteiger partial charge in [-0.05, 0) is 31.0 Å². The number of hydrogen-bond donors (Lipinski definition) is 0. The number of aryl methyl sites for hydroxylation is 1. The van der Waals surface area contributed by atoms with Gasteiger partial charge in [-0.2, -0.15) is 9.61 Å². The third kappa shape index (κ3) is 4.26. The summed E-state index contributed by atoms with van der Waals surface area (Å²) in [6, 6.07) is 8.27. The van der Waals surface area contributed by atoms with Crippen LogP contribution >= 0.6 is 11.3 Å². The fraction of sp³-hybridized carbons (Fsp3) is 0.333. The summed E-state index contributed by atoms with van der Waals surface area (Å²) in [7, 11) is 0. The van der Waals surface area contributed by atoms with Gasteiger partial charge in [0, 0.05) is 11.8 Å². The van der Waals surface area contributed by atoms with Crippen molar-refractivity contribution in [2.24, 2.45) is 5.92 Å². The van der Waals surface area contributed by atoms with Crippen molar-refractivity contribution in [2.75, 3.05) is 6.61 Å². The van der Waals surface area contributed by atoms with Gasteiger partial charge in [0.25, 0.3) is 5.56 Å². The number of nitrogens with zero attached hydrogens (tertiary/aromatic N) is 3. The Hall–Kier alpha value is -2.74. The number of carbonyl (C=O) groups is 1. The molecule has 1 aromatic carbocycles. The third-order valence-electron chi connectivity index (χ3n) is 3.39. The smallest absolute Gasteiger partial charge is 0.338 e. The molecule has 2 heterocycles. The Morgan fingerprint density at radius 3 is 2.88 bits per heavy atom. The first kappa shape index (κ1) is 18.1. The fourth-order valence-electron chi connectivity index (χ4n) is 2.20. The molecule has 136 valence electrons. The molecule has 7 nitrogen and oxygen atoms in total. The molecule has 0 unspecified atom stereocenters. The zero-order valence-corrected chi connectivity index (χ0v) is 15.6. The normalized spacial score (nSPS) is 11.1. The second-order valence-electron chi connectivity index (χ2n) is 6.23. The molecule has 0 saturated heterocycles. The van der Waals surface area contributed by atoms with Gasteiger partial charge in [-0.3, -0.25) is 4.79 Å². The van der Waals surface area contributed by atoms with E-state index in [2.05, 4.69) is 23.9 Å². The average Bonchev–Trinajstić information content (AvgIpc) is 3.01. The Morgan fingerprint density at radius 2 is 2.12 bits per heavy atom. The average molecular weight is 373 g/mol. The highest BCUT2D eigenvalue weighted by Crippen LogP contribution is 2.17. The summed E-state index contributed by atoms with van der Waals surface area (Å²) in [5.74, 6) is 0.542. The zero-order chi connectivity index (χ0) is 18.7. The molecule has 26 heavy (non-hydrogen) atoms. The molecule has 0 spiro atoms. The van der Waals surface area contributed by atoms with Crippen LogP contribution in [0.4, 0.5) is 0 Å². The summed E-state index contributed by atoms with van der Waals surface area (Å²) in [5, 5.41) is 4.64. The Bertz CT molecular complexity index is 994. The van der Waals surface area contributed by atoms with Crippen molar-refractivity contribution in [2.45, 2.75) is 27.4 Å². The molecule has 3 aromatic rings. The Morgan fingerprint density at radius 1 is 1.31 bits per heavy atom. The first-order valence-electron chi connectivity index (χ1n) is 8.19. The molecule has 3 rings (SSSR count). The van der Waals surface area contributed by atoms with Crippen molar-refractivity contribution < 1.29 is 14.3 Å². The molecule has 0 saturated carbocycles. The first-order chi connectivity index (χ1) is 12.4. The van der Waals surface area contributed by atoms with Gasteiger partial charge < -0.3 is 9.47 Å². The second-order valence-corrected chi connectivity index (χ2v) is 7.28. The van der Waals surface area contributed by atoms with Crippen LogP contribution in [0.2, 0.25) is 0 Å². The first-order valence-corrected chi connectivity index (χ1v) is 9.00. The van der Waals surface area contributed by atoms with Crippen LogP contribution in [0, 0.1) is 12.8 Å². The van der Waals surface area contributed by atoms with Gasteiger partial charge in [-0.25, -0.2) is 9.78 Å². The van der Waals surface area contributed by atoms with Crippen LogP contribution in [0.3, 0.4) is 0 Å². The van der Waals surface area contributed by atoms with E-state index in [-0.39, 0.29) is 12.2 Å². The van der Waals surface area contributed by atoms with E-state index in [4.69, 9.17) is 9.47 Å². The molecule has 0 amide bonds. The molecule has 8 heteroatoms. The number of fused-ring (bicyclic) bond motifs is 1. The van der Waals surface area contributed by atoms with Crippen molar-refractivity contribution in [3.63, 3.8) is 0 Å². The van der Waals surface area contributed by atoms with Crippen molar-refractivity contribution >= 4 is 22.3 Å². The minimum atomic E-state index is -0.476. The Labute approximate surface area is 154 Å². The number of hydrogen-bond acceptors (Lipinski definition) is 7. The van der Waals surface area contributed by atoms with Crippen LogP contribution in [0.15, 0.2) is 35.1 Å². The van der Waals surface area contributed by atoms with Gasteiger partial charge in [0.05, 0.1) is 12.2 Å². The molecule has 0 aliphatic heterocycles. The molecule has 0 aliphatic carbocycles. The maximum absolute atomic E-state index is 12.3. The Kier molecular flexibility index (Phi) is 5.32. The van der Waals surface area contributed by atoms with Gasteiger partial charge in [0.1, 0.15) is 12.4 Å². The van der Waals surface area contributed by atoms with Gasteiger partial charge in [0.2, 0.25) is 4.96 Å². The standard InChI is InChI=1S/C18H19N3O4S/c1-11(2)9-24-14-6-4-5-13(8-14)17(23)25-10-15-20-21-16(22)7-12(3)19-18(21)26-15/h4-8,11H,9-10H2,1-3H3. The maximum Gasteiger partial charge on any atom is 0.338 e. The summed E-state index contributed by atoms with van der Waals surface area (Å²) < 4.78 is 12.1. The lowest BCUT2D eigenvalue weighted by molar-refractivity contribution is 0.0471. The summed E-state index contributed by atoms with van der Waals surface area (Å²) >= 11 is 1.22. The second kappa shape index (κ2) is 7.65. The minimum absolute atomic E-state index is 0.0254. The predicted molar refractivity (Wildman–Crippen MR) is 97.8 cm³/mol. The molecular formula is C18H19N3O4S. The quantitative estimate of drug-likeness (QED) is 0.618. The van der Waals surface area contributed by atoms with E-state index >= 15 is 0 Å². The van der Waals surface area contributed by atoms with Crippen LogP contribution in [-0.2, 0) is 11.3 Å². The largest absolute Gasteiger partial charge is 0.493 e. The predicted octanol–water partition coefficient (Wildman–Crippen LogP) is 2.85. The summed E-state index contributed by atoms with van der Waals surface area (Å²) in [4.78, 5) is 28.9. The summed E-state index contributed by atoms with van der Waals surface area (Å²) in [6.07, 6.45) is 0. The number of esters is 1. The Balaban J connectivity index is 1.68. The highest BCUT2D eigenvalue weighted by molar-refractivity contribution is 7.16. The van der Waals surface area contributed by atoms with E-state index in [1.165, 1.54) is 21.9 Å². The SMILES string of the molecule is Cc1cc(=O)n2nc(COC(=O)c3cccc(OCC(C)C)c3)sc2n1. The van der Waals surface area contributed by atoms with Crippen molar-refractivity contribution in [1.29, 1.82) is 0 Å². The number of carbonyl (C=O) groups excluding carboxylic acids is 1. The van der Waals surface area contributed by atoms with E-state index in [0.717, 1.165) is 0 Å².